The van der Waals surface area contributed by atoms with Crippen LogP contribution in [0.25, 0.3) is 10.9 Å². The van der Waals surface area contributed by atoms with Crippen molar-refractivity contribution in [2.24, 2.45) is 11.8 Å². The van der Waals surface area contributed by atoms with Crippen molar-refractivity contribution >= 4 is 34.5 Å². The lowest BCUT2D eigenvalue weighted by Crippen LogP contribution is -2.78. The number of ether oxygens (including phenoxy) is 4. The number of nitrogens with one attached hydrogen (secondary N) is 1. The predicted octanol–water partition coefficient (Wildman–Crippen LogP) is 4.63. The van der Waals surface area contributed by atoms with Crippen LogP contribution in [-0.2, 0) is 46.0 Å². The number of hydrogen-bond donors (Lipinski definition) is 2. The van der Waals surface area contributed by atoms with E-state index in [1.54, 1.807) is 13.2 Å². The highest BCUT2D eigenvalue weighted by Crippen LogP contribution is 2.65. The molecule has 9 atom stereocenters. The van der Waals surface area contributed by atoms with E-state index in [2.05, 4.69) is 46.0 Å². The number of rotatable bonds is 7. The first-order valence-electron chi connectivity index (χ1n) is 20.8. The molecule has 59 heavy (non-hydrogen) atoms. The number of fused-ring (bicyclic) bond motifs is 6. The average Bonchev–Trinajstić information content (AvgIpc) is 3.88. The van der Waals surface area contributed by atoms with Crippen molar-refractivity contribution in [1.82, 2.24) is 14.8 Å². The molecule has 3 aromatic rings. The van der Waals surface area contributed by atoms with Gasteiger partial charge in [0, 0.05) is 91.4 Å². The SMILES string of the molecule is CCC1=C[C@H]2CN(C1)Cc1c([nH]c3ccc(C#N)cc13)[C@@](C(=O)OC)(c1cc3c(cc1OC)N(C)[C@H]1[C@@](O)(C(=O)OC)[C@H](OC(C)=O)C4C(CC)=CCN5CC[C@]31[C@H]45)C2. The highest BCUT2D eigenvalue weighted by molar-refractivity contribution is 5.95. The summed E-state index contributed by atoms with van der Waals surface area (Å²) in [6.07, 6.45) is 5.70. The summed E-state index contributed by atoms with van der Waals surface area (Å²) in [4.78, 5) is 52.9. The number of likely N-dealkylation sites (N-methyl/N-ethyl adjacent to an activating group) is 1. The van der Waals surface area contributed by atoms with E-state index < -0.39 is 52.4 Å². The number of H-pyrrole nitrogens is 1. The standard InChI is InChI=1S/C46H53N5O8/c1-8-26-16-28-20-45(42(53)57-6,38-31(24-50(22-26)23-28)30-17-27(21-47)10-11-34(30)48-38)33-18-32-35(19-36(33)56-5)49(4)41-44(32)13-15-51-14-12-29(9-2)37(39(44)51)40(59-25(3)52)46(41,55)43(54)58-7/h10-12,16-19,28,37,39-41,48,55H,8-9,13-15,20,22-24H2,1-7H3/t28-,37?,39+,40-,41-,44-,45+,46-/m1/s1. The van der Waals surface area contributed by atoms with E-state index in [-0.39, 0.29) is 12.0 Å². The van der Waals surface area contributed by atoms with Crippen LogP contribution in [0.3, 0.4) is 0 Å². The Kier molecular flexibility index (Phi) is 9.30. The zero-order chi connectivity index (χ0) is 41.8. The van der Waals surface area contributed by atoms with Crippen LogP contribution in [0.2, 0.25) is 0 Å². The maximum atomic E-state index is 15.2. The average molecular weight is 804 g/mol. The normalized spacial score (nSPS) is 32.9. The summed E-state index contributed by atoms with van der Waals surface area (Å²) in [5.74, 6) is -2.01. The number of anilines is 1. The summed E-state index contributed by atoms with van der Waals surface area (Å²) in [6, 6.07) is 10.7. The van der Waals surface area contributed by atoms with Gasteiger partial charge in [0.1, 0.15) is 11.2 Å². The molecule has 5 aliphatic heterocycles. The summed E-state index contributed by atoms with van der Waals surface area (Å²) in [5, 5.41) is 24.1. The Morgan fingerprint density at radius 1 is 1.03 bits per heavy atom. The molecule has 1 spiro atoms. The van der Waals surface area contributed by atoms with Gasteiger partial charge in [-0.05, 0) is 73.5 Å². The van der Waals surface area contributed by atoms with Gasteiger partial charge in [0.05, 0.1) is 39.0 Å². The number of methoxy groups -OCH3 is 3. The van der Waals surface area contributed by atoms with Gasteiger partial charge in [0.15, 0.2) is 6.10 Å². The summed E-state index contributed by atoms with van der Waals surface area (Å²) < 4.78 is 23.8. The number of nitrogens with zero attached hydrogens (tertiary/aromatic N) is 4. The lowest BCUT2D eigenvalue weighted by Gasteiger charge is -2.59. The predicted molar refractivity (Wildman–Crippen MR) is 219 cm³/mol. The van der Waals surface area contributed by atoms with E-state index in [9.17, 15) is 20.0 Å². The van der Waals surface area contributed by atoms with E-state index in [0.29, 0.717) is 61.5 Å². The summed E-state index contributed by atoms with van der Waals surface area (Å²) >= 11 is 0. The van der Waals surface area contributed by atoms with Crippen molar-refractivity contribution < 1.29 is 38.4 Å². The third kappa shape index (κ3) is 5.21. The van der Waals surface area contributed by atoms with Crippen LogP contribution in [0.4, 0.5) is 5.69 Å². The van der Waals surface area contributed by atoms with Crippen molar-refractivity contribution in [3.63, 3.8) is 0 Å². The zero-order valence-electron chi connectivity index (χ0n) is 34.9. The van der Waals surface area contributed by atoms with Gasteiger partial charge < -0.3 is 33.9 Å². The van der Waals surface area contributed by atoms with Gasteiger partial charge >= 0.3 is 17.9 Å². The van der Waals surface area contributed by atoms with Crippen molar-refractivity contribution in [1.29, 1.82) is 5.26 Å². The van der Waals surface area contributed by atoms with Crippen LogP contribution in [0.5, 0.6) is 5.75 Å². The van der Waals surface area contributed by atoms with Crippen molar-refractivity contribution in [2.45, 2.75) is 87.6 Å². The highest BCUT2D eigenvalue weighted by Gasteiger charge is 2.77. The molecule has 2 fully saturated rings. The van der Waals surface area contributed by atoms with Crippen LogP contribution in [0.15, 0.2) is 53.6 Å². The molecule has 6 aliphatic rings. The maximum absolute atomic E-state index is 15.2. The van der Waals surface area contributed by atoms with E-state index in [1.807, 2.05) is 37.1 Å². The van der Waals surface area contributed by atoms with E-state index in [1.165, 1.54) is 26.7 Å². The van der Waals surface area contributed by atoms with E-state index in [4.69, 9.17) is 18.9 Å². The fourth-order valence-electron chi connectivity index (χ4n) is 12.7. The fraction of sp³-hybridized carbons (Fsp3) is 0.522. The summed E-state index contributed by atoms with van der Waals surface area (Å²) in [7, 11) is 6.13. The number of aromatic amines is 1. The molecular formula is C46H53N5O8. The second-order valence-electron chi connectivity index (χ2n) is 17.4. The maximum Gasteiger partial charge on any atom is 0.344 e. The van der Waals surface area contributed by atoms with Crippen molar-refractivity contribution in [3.8, 4) is 11.8 Å². The Hall–Kier alpha value is -5.16. The van der Waals surface area contributed by atoms with Crippen LogP contribution in [-0.4, -0.2) is 116 Å². The molecule has 13 nitrogen and oxygen atoms in total. The first-order chi connectivity index (χ1) is 28.3. The Bertz CT molecular complexity index is 2400. The zero-order valence-corrected chi connectivity index (χ0v) is 34.9. The Labute approximate surface area is 344 Å². The molecule has 2 bridgehead atoms. The molecular weight excluding hydrogens is 751 g/mol. The number of aromatic nitrogens is 1. The van der Waals surface area contributed by atoms with Crippen molar-refractivity contribution in [3.05, 3.63) is 81.6 Å². The van der Waals surface area contributed by atoms with Crippen LogP contribution < -0.4 is 9.64 Å². The molecule has 1 aromatic heterocycles. The Morgan fingerprint density at radius 3 is 2.49 bits per heavy atom. The minimum Gasteiger partial charge on any atom is -0.496 e. The third-order valence-corrected chi connectivity index (χ3v) is 14.8. The number of carbonyl (C=O) groups is 3. The second kappa shape index (κ2) is 14.0. The molecule has 9 rings (SSSR count). The molecule has 0 amide bonds. The molecule has 2 N–H and O–H groups in total. The molecule has 1 saturated heterocycles. The monoisotopic (exact) mass is 803 g/mol. The van der Waals surface area contributed by atoms with Gasteiger partial charge in [0.2, 0.25) is 5.60 Å². The lowest BCUT2D eigenvalue weighted by molar-refractivity contribution is -0.212. The van der Waals surface area contributed by atoms with Crippen LogP contribution in [0, 0.1) is 23.2 Å². The van der Waals surface area contributed by atoms with Gasteiger partial charge in [-0.2, -0.15) is 5.26 Å². The fourth-order valence-corrected chi connectivity index (χ4v) is 12.7. The number of hydrogen-bond acceptors (Lipinski definition) is 12. The van der Waals surface area contributed by atoms with E-state index in [0.717, 1.165) is 52.8 Å². The molecule has 0 radical (unpaired) electrons. The lowest BCUT2D eigenvalue weighted by atomic mass is 9.52. The Balaban J connectivity index is 1.36. The largest absolute Gasteiger partial charge is 0.496 e. The van der Waals surface area contributed by atoms with Gasteiger partial charge in [-0.15, -0.1) is 0 Å². The van der Waals surface area contributed by atoms with Gasteiger partial charge in [0.25, 0.3) is 0 Å². The molecule has 6 heterocycles. The topological polar surface area (TPSA) is 158 Å². The summed E-state index contributed by atoms with van der Waals surface area (Å²) in [6.45, 7) is 8.93. The first kappa shape index (κ1) is 39.3. The second-order valence-corrected chi connectivity index (χ2v) is 17.4. The van der Waals surface area contributed by atoms with E-state index >= 15 is 4.79 Å². The minimum atomic E-state index is -2.28. The molecule has 1 aliphatic carbocycles. The smallest absolute Gasteiger partial charge is 0.344 e. The molecule has 2 unspecified atom stereocenters. The molecule has 2 aromatic carbocycles. The summed E-state index contributed by atoms with van der Waals surface area (Å²) in [5.41, 5.74) is 2.92. The number of esters is 3. The third-order valence-electron chi connectivity index (χ3n) is 14.8. The highest BCUT2D eigenvalue weighted by atomic mass is 16.6. The van der Waals surface area contributed by atoms with Crippen LogP contribution in [0.1, 0.15) is 74.4 Å². The number of nitriles is 1. The first-order valence-corrected chi connectivity index (χ1v) is 20.8. The molecule has 1 saturated carbocycles. The Morgan fingerprint density at radius 2 is 1.81 bits per heavy atom. The molecule has 13 heteroatoms. The van der Waals surface area contributed by atoms with Gasteiger partial charge in [-0.1, -0.05) is 37.1 Å². The quantitative estimate of drug-likeness (QED) is 0.194. The van der Waals surface area contributed by atoms with Gasteiger partial charge in [-0.3, -0.25) is 19.4 Å². The number of aliphatic hydroxyl groups is 1. The van der Waals surface area contributed by atoms with Crippen molar-refractivity contribution in [2.75, 3.05) is 59.5 Å². The minimum absolute atomic E-state index is 0.0240. The van der Waals surface area contributed by atoms with Gasteiger partial charge in [-0.25, -0.2) is 4.79 Å². The number of carbonyl (C=O) groups excluding carboxylic acids is 3. The van der Waals surface area contributed by atoms with Crippen LogP contribution >= 0.6 is 0 Å². The molecule has 310 valence electrons. The number of benzene rings is 2.